The molecule has 32 heavy (non-hydrogen) atoms. The molecule has 4 rings (SSSR count). The number of thioether (sulfide) groups is 2. The molecule has 164 valence electrons. The summed E-state index contributed by atoms with van der Waals surface area (Å²) in [6.45, 7) is 3.73. The number of anilines is 2. The first kappa shape index (κ1) is 22.0. The van der Waals surface area contributed by atoms with Gasteiger partial charge in [0.15, 0.2) is 4.34 Å². The minimum Gasteiger partial charge on any atom is -0.325 e. The number of hydrogen-bond acceptors (Lipinski definition) is 10. The topological polar surface area (TPSA) is 126 Å². The number of rotatable bonds is 10. The molecule has 10 nitrogen and oxygen atoms in total. The number of carbonyl (C=O) groups is 1. The third-order valence-corrected chi connectivity index (χ3v) is 6.89. The van der Waals surface area contributed by atoms with Gasteiger partial charge in [-0.15, -0.1) is 23.0 Å². The van der Waals surface area contributed by atoms with Gasteiger partial charge in [-0.25, -0.2) is 15.5 Å². The van der Waals surface area contributed by atoms with Gasteiger partial charge in [0.2, 0.25) is 17.0 Å². The van der Waals surface area contributed by atoms with E-state index in [1.54, 1.807) is 40.2 Å². The number of nitrogens with one attached hydrogen (secondary N) is 3. The highest BCUT2D eigenvalue weighted by Crippen LogP contribution is 2.31. The van der Waals surface area contributed by atoms with Crippen LogP contribution in [-0.2, 0) is 11.8 Å². The van der Waals surface area contributed by atoms with Crippen molar-refractivity contribution in [1.82, 2.24) is 29.9 Å². The minimum absolute atomic E-state index is 0.144. The van der Waals surface area contributed by atoms with Crippen LogP contribution in [0.1, 0.15) is 5.56 Å². The van der Waals surface area contributed by atoms with Crippen LogP contribution in [0.25, 0.3) is 10.2 Å². The van der Waals surface area contributed by atoms with Crippen LogP contribution in [-0.4, -0.2) is 53.6 Å². The van der Waals surface area contributed by atoms with Gasteiger partial charge >= 0.3 is 0 Å². The lowest BCUT2D eigenvalue weighted by Crippen LogP contribution is -2.14. The van der Waals surface area contributed by atoms with E-state index in [1.165, 1.54) is 11.8 Å². The Balaban J connectivity index is 1.26. The predicted octanol–water partition coefficient (Wildman–Crippen LogP) is 3.60. The van der Waals surface area contributed by atoms with Gasteiger partial charge < -0.3 is 5.32 Å². The standard InChI is InChI=1S/C19H19N9OS3/c1-3-6-30-19-23-14-5-4-13(7-15(14)32-19)22-16(29)11-31-18-24-17(26-27-18)25-20-8-12-9-21-28(2)10-12/h3-5,7-10H,1,6,11H2,2H3,(H,22,29)(H2,24,25,26,27)/b20-8-. The zero-order valence-corrected chi connectivity index (χ0v) is 19.4. The van der Waals surface area contributed by atoms with E-state index >= 15 is 0 Å². The summed E-state index contributed by atoms with van der Waals surface area (Å²) in [6.07, 6.45) is 7.00. The first-order valence-corrected chi connectivity index (χ1v) is 12.1. The quantitative estimate of drug-likeness (QED) is 0.135. The normalized spacial score (nSPS) is 11.3. The smallest absolute Gasteiger partial charge is 0.240 e. The number of amides is 1. The molecule has 3 heterocycles. The number of carbonyl (C=O) groups excluding carboxylic acids is 1. The van der Waals surface area contributed by atoms with E-state index in [0.717, 1.165) is 31.6 Å². The first-order valence-electron chi connectivity index (χ1n) is 9.36. The Kier molecular flexibility index (Phi) is 7.19. The van der Waals surface area contributed by atoms with E-state index in [9.17, 15) is 4.79 Å². The molecule has 13 heteroatoms. The molecule has 0 aliphatic heterocycles. The van der Waals surface area contributed by atoms with Crippen molar-refractivity contribution in [1.29, 1.82) is 0 Å². The molecule has 0 spiro atoms. The van der Waals surface area contributed by atoms with E-state index in [0.29, 0.717) is 11.1 Å². The van der Waals surface area contributed by atoms with Gasteiger partial charge in [0.25, 0.3) is 0 Å². The summed E-state index contributed by atoms with van der Waals surface area (Å²) < 4.78 is 3.70. The SMILES string of the molecule is C=CCSc1nc2ccc(NC(=O)CSc3n[nH]c(N/N=C\c4cnn(C)c4)n3)cc2s1. The highest BCUT2D eigenvalue weighted by molar-refractivity contribution is 8.01. The number of H-pyrrole nitrogens is 1. The van der Waals surface area contributed by atoms with E-state index < -0.39 is 0 Å². The zero-order chi connectivity index (χ0) is 22.3. The number of thiazole rings is 1. The molecule has 1 amide bonds. The molecule has 1 aromatic carbocycles. The highest BCUT2D eigenvalue weighted by atomic mass is 32.2. The van der Waals surface area contributed by atoms with Crippen LogP contribution >= 0.6 is 34.9 Å². The molecular formula is C19H19N9OS3. The number of hydrogen-bond donors (Lipinski definition) is 3. The molecule has 0 saturated carbocycles. The zero-order valence-electron chi connectivity index (χ0n) is 17.0. The third kappa shape index (κ3) is 5.96. The number of aromatic amines is 1. The van der Waals surface area contributed by atoms with Crippen molar-refractivity contribution in [2.45, 2.75) is 9.50 Å². The number of aryl methyl sites for hydroxylation is 1. The number of aromatic nitrogens is 6. The highest BCUT2D eigenvalue weighted by Gasteiger charge is 2.10. The molecule has 3 aromatic heterocycles. The van der Waals surface area contributed by atoms with Crippen molar-refractivity contribution in [3.05, 3.63) is 48.8 Å². The molecule has 0 unspecified atom stereocenters. The van der Waals surface area contributed by atoms with E-state index in [1.807, 2.05) is 37.5 Å². The van der Waals surface area contributed by atoms with Crippen molar-refractivity contribution in [2.75, 3.05) is 22.2 Å². The Labute approximate surface area is 196 Å². The fourth-order valence-electron chi connectivity index (χ4n) is 2.54. The Morgan fingerprint density at radius 1 is 1.38 bits per heavy atom. The molecule has 0 bridgehead atoms. The summed E-state index contributed by atoms with van der Waals surface area (Å²) in [4.78, 5) is 21.1. The number of nitrogens with zero attached hydrogens (tertiary/aromatic N) is 6. The van der Waals surface area contributed by atoms with E-state index in [2.05, 4.69) is 47.7 Å². The number of fused-ring (bicyclic) bond motifs is 1. The molecule has 0 aliphatic carbocycles. The number of benzene rings is 1. The van der Waals surface area contributed by atoms with Crippen LogP contribution in [0, 0.1) is 0 Å². The van der Waals surface area contributed by atoms with Crippen LogP contribution in [0.2, 0.25) is 0 Å². The maximum Gasteiger partial charge on any atom is 0.240 e. The third-order valence-electron chi connectivity index (χ3n) is 3.88. The largest absolute Gasteiger partial charge is 0.325 e. The summed E-state index contributed by atoms with van der Waals surface area (Å²) in [6, 6.07) is 5.69. The molecular weight excluding hydrogens is 466 g/mol. The fraction of sp³-hybridized carbons (Fsp3) is 0.158. The Morgan fingerprint density at radius 2 is 2.28 bits per heavy atom. The first-order chi connectivity index (χ1) is 15.6. The summed E-state index contributed by atoms with van der Waals surface area (Å²) >= 11 is 4.47. The second-order valence-electron chi connectivity index (χ2n) is 6.38. The van der Waals surface area contributed by atoms with E-state index in [-0.39, 0.29) is 11.7 Å². The molecule has 0 radical (unpaired) electrons. The Morgan fingerprint density at radius 3 is 3.09 bits per heavy atom. The van der Waals surface area contributed by atoms with Crippen LogP contribution in [0.15, 0.2) is 57.8 Å². The second-order valence-corrected chi connectivity index (χ2v) is 9.62. The average molecular weight is 486 g/mol. The van der Waals surface area contributed by atoms with Crippen LogP contribution in [0.3, 0.4) is 0 Å². The summed E-state index contributed by atoms with van der Waals surface area (Å²) in [5.74, 6) is 1.23. The summed E-state index contributed by atoms with van der Waals surface area (Å²) in [5, 5.41) is 18.3. The van der Waals surface area contributed by atoms with Gasteiger partial charge in [0.1, 0.15) is 0 Å². The second kappa shape index (κ2) is 10.4. The lowest BCUT2D eigenvalue weighted by molar-refractivity contribution is -0.113. The lowest BCUT2D eigenvalue weighted by atomic mass is 10.3. The average Bonchev–Trinajstić information content (AvgIpc) is 3.50. The van der Waals surface area contributed by atoms with Crippen molar-refractivity contribution in [2.24, 2.45) is 12.1 Å². The minimum atomic E-state index is -0.144. The van der Waals surface area contributed by atoms with E-state index in [4.69, 9.17) is 0 Å². The Hall–Kier alpha value is -3.16. The van der Waals surface area contributed by atoms with Crippen molar-refractivity contribution in [3.8, 4) is 0 Å². The molecule has 0 saturated heterocycles. The van der Waals surface area contributed by atoms with Gasteiger partial charge in [0.05, 0.1) is 28.4 Å². The van der Waals surface area contributed by atoms with Crippen LogP contribution in [0.4, 0.5) is 11.6 Å². The number of hydrazone groups is 1. The Bertz CT molecular complexity index is 1260. The molecule has 4 aromatic rings. The fourth-order valence-corrected chi connectivity index (χ4v) is 5.00. The maximum absolute atomic E-state index is 12.3. The van der Waals surface area contributed by atoms with Crippen molar-refractivity contribution < 1.29 is 4.79 Å². The summed E-state index contributed by atoms with van der Waals surface area (Å²) in [5.41, 5.74) is 5.26. The lowest BCUT2D eigenvalue weighted by Gasteiger charge is -2.03. The van der Waals surface area contributed by atoms with Crippen molar-refractivity contribution in [3.63, 3.8) is 0 Å². The van der Waals surface area contributed by atoms with Gasteiger partial charge in [-0.2, -0.15) is 15.2 Å². The van der Waals surface area contributed by atoms with Gasteiger partial charge in [-0.05, 0) is 18.2 Å². The molecule has 0 fully saturated rings. The molecule has 3 N–H and O–H groups in total. The van der Waals surface area contributed by atoms with Crippen molar-refractivity contribution >= 4 is 68.8 Å². The van der Waals surface area contributed by atoms with Gasteiger partial charge in [0, 0.05) is 30.2 Å². The van der Waals surface area contributed by atoms with Crippen LogP contribution in [0.5, 0.6) is 0 Å². The molecule has 0 aliphatic rings. The summed E-state index contributed by atoms with van der Waals surface area (Å²) in [7, 11) is 1.83. The predicted molar refractivity (Wildman–Crippen MR) is 131 cm³/mol. The van der Waals surface area contributed by atoms with Gasteiger partial charge in [-0.3, -0.25) is 9.48 Å². The maximum atomic E-state index is 12.3. The van der Waals surface area contributed by atoms with Crippen LogP contribution < -0.4 is 10.7 Å². The molecule has 0 atom stereocenters. The monoisotopic (exact) mass is 485 g/mol. The van der Waals surface area contributed by atoms with Gasteiger partial charge in [-0.1, -0.05) is 29.6 Å².